The molecule has 0 saturated carbocycles. The molecule has 0 radical (unpaired) electrons. The second-order valence-electron chi connectivity index (χ2n) is 2.86. The number of nitriles is 2. The van der Waals surface area contributed by atoms with Crippen LogP contribution in [0, 0.1) is 35.4 Å². The highest BCUT2D eigenvalue weighted by Gasteiger charge is 2.02. The fourth-order valence-electron chi connectivity index (χ4n) is 0.998. The molecule has 0 fully saturated rings. The maximum Gasteiger partial charge on any atom is 0.149 e. The minimum Gasteiger partial charge on any atom is -0.357 e. The summed E-state index contributed by atoms with van der Waals surface area (Å²) in [6, 6.07) is 8.20. The van der Waals surface area contributed by atoms with Crippen molar-refractivity contribution in [2.75, 3.05) is 5.32 Å². The Morgan fingerprint density at radius 3 is 2.67 bits per heavy atom. The van der Waals surface area contributed by atoms with E-state index in [9.17, 15) is 4.39 Å². The Morgan fingerprint density at radius 1 is 1.40 bits per heavy atom. The molecule has 0 aliphatic heterocycles. The van der Waals surface area contributed by atoms with Crippen LogP contribution in [0.25, 0.3) is 0 Å². The third-order valence-electron chi connectivity index (χ3n) is 1.80. The largest absolute Gasteiger partial charge is 0.357 e. The van der Waals surface area contributed by atoms with Gasteiger partial charge in [-0.3, -0.25) is 0 Å². The van der Waals surface area contributed by atoms with E-state index in [1.165, 1.54) is 12.3 Å². The monoisotopic (exact) mass is 201 g/mol. The maximum atomic E-state index is 13.4. The Balaban J connectivity index is 2.93. The maximum absolute atomic E-state index is 13.4. The molecular weight excluding hydrogens is 193 g/mol. The van der Waals surface area contributed by atoms with E-state index >= 15 is 0 Å². The SMILES string of the molecule is Cc1cccc(NC=C(C#N)C#N)c1F. The molecule has 1 aromatic carbocycles. The van der Waals surface area contributed by atoms with E-state index in [1.54, 1.807) is 31.2 Å². The van der Waals surface area contributed by atoms with Gasteiger partial charge < -0.3 is 5.32 Å². The molecule has 0 saturated heterocycles. The van der Waals surface area contributed by atoms with Crippen LogP contribution in [-0.2, 0) is 0 Å². The molecule has 4 heteroatoms. The lowest BCUT2D eigenvalue weighted by Crippen LogP contribution is -1.95. The minimum atomic E-state index is -0.385. The van der Waals surface area contributed by atoms with Crippen LogP contribution in [0.15, 0.2) is 30.0 Å². The first-order chi connectivity index (χ1) is 7.19. The van der Waals surface area contributed by atoms with Crippen molar-refractivity contribution in [2.24, 2.45) is 0 Å². The molecule has 1 rings (SSSR count). The first-order valence-corrected chi connectivity index (χ1v) is 4.21. The molecule has 1 N–H and O–H groups in total. The summed E-state index contributed by atoms with van der Waals surface area (Å²) in [5.74, 6) is -0.385. The number of aryl methyl sites for hydroxylation is 1. The Kier molecular flexibility index (Phi) is 3.43. The molecule has 74 valence electrons. The zero-order chi connectivity index (χ0) is 11.3. The second kappa shape index (κ2) is 4.78. The van der Waals surface area contributed by atoms with E-state index in [0.717, 1.165) is 0 Å². The third kappa shape index (κ3) is 2.55. The Labute approximate surface area is 87.1 Å². The molecule has 0 unspecified atom stereocenters. The Hall–Kier alpha value is -2.33. The highest BCUT2D eigenvalue weighted by molar-refractivity contribution is 5.51. The lowest BCUT2D eigenvalue weighted by Gasteiger charge is -2.04. The number of nitrogens with zero attached hydrogens (tertiary/aromatic N) is 2. The van der Waals surface area contributed by atoms with Crippen LogP contribution in [-0.4, -0.2) is 0 Å². The summed E-state index contributed by atoms with van der Waals surface area (Å²) in [6.07, 6.45) is 1.18. The van der Waals surface area contributed by atoms with Crippen molar-refractivity contribution in [1.29, 1.82) is 10.5 Å². The number of hydrogen-bond acceptors (Lipinski definition) is 3. The van der Waals surface area contributed by atoms with Crippen molar-refractivity contribution in [3.05, 3.63) is 41.4 Å². The smallest absolute Gasteiger partial charge is 0.149 e. The highest BCUT2D eigenvalue weighted by atomic mass is 19.1. The third-order valence-corrected chi connectivity index (χ3v) is 1.80. The average Bonchev–Trinajstić information content (AvgIpc) is 2.25. The van der Waals surface area contributed by atoms with Gasteiger partial charge in [-0.15, -0.1) is 0 Å². The predicted molar refractivity (Wildman–Crippen MR) is 54.1 cm³/mol. The number of allylic oxidation sites excluding steroid dienone is 1. The number of anilines is 1. The summed E-state index contributed by atoms with van der Waals surface area (Å²) >= 11 is 0. The predicted octanol–water partition coefficient (Wildman–Crippen LogP) is 2.48. The summed E-state index contributed by atoms with van der Waals surface area (Å²) in [6.45, 7) is 1.64. The lowest BCUT2D eigenvalue weighted by molar-refractivity contribution is 0.622. The van der Waals surface area contributed by atoms with Gasteiger partial charge in [0.2, 0.25) is 0 Å². The normalized spacial score (nSPS) is 8.53. The molecule has 1 aromatic rings. The van der Waals surface area contributed by atoms with Crippen molar-refractivity contribution in [2.45, 2.75) is 6.92 Å². The zero-order valence-electron chi connectivity index (χ0n) is 8.08. The van der Waals surface area contributed by atoms with Crippen molar-refractivity contribution in [3.63, 3.8) is 0 Å². The summed E-state index contributed by atoms with van der Waals surface area (Å²) in [7, 11) is 0. The van der Waals surface area contributed by atoms with Gasteiger partial charge in [0.25, 0.3) is 0 Å². The van der Waals surface area contributed by atoms with E-state index in [-0.39, 0.29) is 17.1 Å². The van der Waals surface area contributed by atoms with Crippen LogP contribution in [0.4, 0.5) is 10.1 Å². The molecule has 0 atom stereocenters. The first-order valence-electron chi connectivity index (χ1n) is 4.21. The van der Waals surface area contributed by atoms with Gasteiger partial charge in [0.15, 0.2) is 0 Å². The van der Waals surface area contributed by atoms with E-state index < -0.39 is 0 Å². The van der Waals surface area contributed by atoms with Crippen LogP contribution in [0.5, 0.6) is 0 Å². The Bertz CT molecular complexity index is 462. The molecular formula is C11H8FN3. The summed E-state index contributed by atoms with van der Waals surface area (Å²) in [5, 5.41) is 19.5. The van der Waals surface area contributed by atoms with Gasteiger partial charge in [0.1, 0.15) is 23.5 Å². The minimum absolute atomic E-state index is 0.101. The first kappa shape index (κ1) is 10.7. The summed E-state index contributed by atoms with van der Waals surface area (Å²) < 4.78 is 13.4. The summed E-state index contributed by atoms with van der Waals surface area (Å²) in [5.41, 5.74) is 0.651. The molecule has 0 spiro atoms. The van der Waals surface area contributed by atoms with Crippen molar-refractivity contribution in [3.8, 4) is 12.1 Å². The summed E-state index contributed by atoms with van der Waals surface area (Å²) in [4.78, 5) is 0. The van der Waals surface area contributed by atoms with Gasteiger partial charge in [-0.1, -0.05) is 12.1 Å². The molecule has 15 heavy (non-hydrogen) atoms. The van der Waals surface area contributed by atoms with Crippen LogP contribution < -0.4 is 5.32 Å². The van der Waals surface area contributed by atoms with Crippen molar-refractivity contribution >= 4 is 5.69 Å². The van der Waals surface area contributed by atoms with Gasteiger partial charge in [0.05, 0.1) is 5.69 Å². The second-order valence-corrected chi connectivity index (χ2v) is 2.86. The topological polar surface area (TPSA) is 59.6 Å². The van der Waals surface area contributed by atoms with Gasteiger partial charge in [0, 0.05) is 6.20 Å². The fourth-order valence-corrected chi connectivity index (χ4v) is 0.998. The molecule has 0 aliphatic rings. The standard InChI is InChI=1S/C11H8FN3/c1-8-3-2-4-10(11(8)12)15-7-9(5-13)6-14/h2-4,7,15H,1H3. The van der Waals surface area contributed by atoms with Gasteiger partial charge >= 0.3 is 0 Å². The lowest BCUT2D eigenvalue weighted by atomic mass is 10.2. The zero-order valence-corrected chi connectivity index (χ0v) is 8.08. The van der Waals surface area contributed by atoms with Crippen molar-refractivity contribution in [1.82, 2.24) is 0 Å². The average molecular weight is 201 g/mol. The van der Waals surface area contributed by atoms with E-state index in [4.69, 9.17) is 10.5 Å². The van der Waals surface area contributed by atoms with Crippen LogP contribution in [0.3, 0.4) is 0 Å². The molecule has 0 aromatic heterocycles. The number of hydrogen-bond donors (Lipinski definition) is 1. The van der Waals surface area contributed by atoms with Crippen molar-refractivity contribution < 1.29 is 4.39 Å². The Morgan fingerprint density at radius 2 is 2.07 bits per heavy atom. The fraction of sp³-hybridized carbons (Fsp3) is 0.0909. The highest BCUT2D eigenvalue weighted by Crippen LogP contribution is 2.17. The van der Waals surface area contributed by atoms with Crippen LogP contribution in [0.2, 0.25) is 0 Å². The number of halogens is 1. The number of rotatable bonds is 2. The number of benzene rings is 1. The van der Waals surface area contributed by atoms with Gasteiger partial charge in [-0.25, -0.2) is 4.39 Å². The molecule has 3 nitrogen and oxygen atoms in total. The van der Waals surface area contributed by atoms with Crippen LogP contribution >= 0.6 is 0 Å². The molecule has 0 heterocycles. The van der Waals surface area contributed by atoms with E-state index in [2.05, 4.69) is 5.32 Å². The molecule has 0 aliphatic carbocycles. The van der Waals surface area contributed by atoms with Gasteiger partial charge in [-0.2, -0.15) is 10.5 Å². The van der Waals surface area contributed by atoms with E-state index in [1.807, 2.05) is 0 Å². The quantitative estimate of drug-likeness (QED) is 0.747. The molecule has 0 amide bonds. The van der Waals surface area contributed by atoms with Crippen LogP contribution in [0.1, 0.15) is 5.56 Å². The van der Waals surface area contributed by atoms with Gasteiger partial charge in [-0.05, 0) is 18.6 Å². The number of nitrogens with one attached hydrogen (secondary N) is 1. The molecule has 0 bridgehead atoms. The van der Waals surface area contributed by atoms with E-state index in [0.29, 0.717) is 5.56 Å².